The first-order valence-corrected chi connectivity index (χ1v) is 9.90. The number of thiophene rings is 1. The summed E-state index contributed by atoms with van der Waals surface area (Å²) in [5.74, 6) is -0.318. The number of likely N-dealkylation sites (N-methyl/N-ethyl adjacent to an activating group) is 1. The lowest BCUT2D eigenvalue weighted by molar-refractivity contribution is -0.116. The Bertz CT molecular complexity index is 739. The van der Waals surface area contributed by atoms with Crippen molar-refractivity contribution in [3.8, 4) is 0 Å². The van der Waals surface area contributed by atoms with E-state index in [1.54, 1.807) is 13.1 Å². The van der Waals surface area contributed by atoms with Crippen molar-refractivity contribution in [1.29, 1.82) is 0 Å². The third kappa shape index (κ3) is 5.16. The second-order valence-electron chi connectivity index (χ2n) is 6.72. The third-order valence-corrected chi connectivity index (χ3v) is 5.38. The lowest BCUT2D eigenvalue weighted by atomic mass is 10.1. The van der Waals surface area contributed by atoms with Crippen LogP contribution in [-0.4, -0.2) is 48.3 Å². The number of nitrogens with zero attached hydrogens (tertiary/aromatic N) is 2. The average Bonchev–Trinajstić information content (AvgIpc) is 3.16. The Morgan fingerprint density at radius 3 is 2.69 bits per heavy atom. The van der Waals surface area contributed by atoms with Crippen molar-refractivity contribution >= 4 is 28.8 Å². The number of piperidine rings is 1. The van der Waals surface area contributed by atoms with Gasteiger partial charge in [0.25, 0.3) is 5.91 Å². The molecule has 0 unspecified atom stereocenters. The largest absolute Gasteiger partial charge is 0.332 e. The molecule has 138 valence electrons. The van der Waals surface area contributed by atoms with Crippen molar-refractivity contribution in [1.82, 2.24) is 9.80 Å². The minimum Gasteiger partial charge on any atom is -0.332 e. The van der Waals surface area contributed by atoms with Crippen LogP contribution in [0.3, 0.4) is 0 Å². The Labute approximate surface area is 158 Å². The summed E-state index contributed by atoms with van der Waals surface area (Å²) in [5.41, 5.74) is 1.98. The number of nitrogens with one attached hydrogen (secondary N) is 1. The van der Waals surface area contributed by atoms with Crippen LogP contribution in [0.2, 0.25) is 0 Å². The summed E-state index contributed by atoms with van der Waals surface area (Å²) in [7, 11) is 1.65. The van der Waals surface area contributed by atoms with Crippen LogP contribution >= 0.6 is 11.3 Å². The Morgan fingerprint density at radius 1 is 1.15 bits per heavy atom. The molecule has 6 heteroatoms. The molecule has 0 aliphatic carbocycles. The number of amides is 2. The smallest absolute Gasteiger partial charge is 0.264 e. The van der Waals surface area contributed by atoms with Crippen LogP contribution in [0, 0.1) is 0 Å². The van der Waals surface area contributed by atoms with Crippen molar-refractivity contribution in [2.45, 2.75) is 25.8 Å². The molecule has 1 saturated heterocycles. The number of carbonyl (C=O) groups excluding carboxylic acids is 2. The van der Waals surface area contributed by atoms with Gasteiger partial charge in [0.2, 0.25) is 5.91 Å². The highest BCUT2D eigenvalue weighted by atomic mass is 32.1. The van der Waals surface area contributed by atoms with Crippen LogP contribution in [-0.2, 0) is 11.3 Å². The minimum absolute atomic E-state index is 0.0348. The molecular formula is C20H25N3O2S. The first-order valence-electron chi connectivity index (χ1n) is 9.02. The fraction of sp³-hybridized carbons (Fsp3) is 0.400. The third-order valence-electron chi connectivity index (χ3n) is 4.53. The molecule has 0 bridgehead atoms. The predicted octanol–water partition coefficient (Wildman–Crippen LogP) is 3.44. The molecule has 26 heavy (non-hydrogen) atoms. The van der Waals surface area contributed by atoms with E-state index in [9.17, 15) is 9.59 Å². The molecule has 2 heterocycles. The molecule has 1 aliphatic heterocycles. The van der Waals surface area contributed by atoms with E-state index >= 15 is 0 Å². The first kappa shape index (κ1) is 18.6. The Kier molecular flexibility index (Phi) is 6.41. The van der Waals surface area contributed by atoms with Gasteiger partial charge in [0, 0.05) is 19.3 Å². The van der Waals surface area contributed by atoms with Crippen LogP contribution in [0.4, 0.5) is 5.69 Å². The quantitative estimate of drug-likeness (QED) is 0.846. The fourth-order valence-corrected chi connectivity index (χ4v) is 3.92. The number of likely N-dealkylation sites (tertiary alicyclic amines) is 1. The van der Waals surface area contributed by atoms with Crippen LogP contribution in [0.5, 0.6) is 0 Å². The number of carbonyl (C=O) groups is 2. The highest BCUT2D eigenvalue weighted by Gasteiger charge is 2.16. The average molecular weight is 372 g/mol. The Hall–Kier alpha value is -2.18. The molecule has 1 fully saturated rings. The standard InChI is InChI=1S/C20H25N3O2S/c1-22(20(25)18-9-6-12-26-18)15-19(24)21-17-8-5-7-16(13-17)14-23-10-3-2-4-11-23/h5-9,12-13H,2-4,10-11,14-15H2,1H3,(H,21,24). The lowest BCUT2D eigenvalue weighted by Crippen LogP contribution is -2.34. The number of hydrogen-bond acceptors (Lipinski definition) is 4. The summed E-state index contributed by atoms with van der Waals surface area (Å²) in [6, 6.07) is 11.6. The molecule has 1 aromatic carbocycles. The molecule has 2 aromatic rings. The van der Waals surface area contributed by atoms with Crippen molar-refractivity contribution in [3.05, 3.63) is 52.2 Å². The van der Waals surface area contributed by atoms with Crippen molar-refractivity contribution in [3.63, 3.8) is 0 Å². The summed E-state index contributed by atoms with van der Waals surface area (Å²) in [6.45, 7) is 3.24. The maximum atomic E-state index is 12.3. The maximum absolute atomic E-state index is 12.3. The van der Waals surface area contributed by atoms with Gasteiger partial charge < -0.3 is 10.2 Å². The number of anilines is 1. The van der Waals surface area contributed by atoms with E-state index in [1.807, 2.05) is 29.6 Å². The van der Waals surface area contributed by atoms with E-state index in [0.29, 0.717) is 4.88 Å². The lowest BCUT2D eigenvalue weighted by Gasteiger charge is -2.26. The number of rotatable bonds is 6. The molecule has 1 aromatic heterocycles. The second-order valence-corrected chi connectivity index (χ2v) is 7.67. The first-order chi connectivity index (χ1) is 12.6. The van der Waals surface area contributed by atoms with Gasteiger partial charge in [0.1, 0.15) is 0 Å². The van der Waals surface area contributed by atoms with Gasteiger partial charge in [-0.3, -0.25) is 14.5 Å². The summed E-state index contributed by atoms with van der Waals surface area (Å²) in [5, 5.41) is 4.76. The molecular weight excluding hydrogens is 346 g/mol. The predicted molar refractivity (Wildman–Crippen MR) is 105 cm³/mol. The minimum atomic E-state index is -0.187. The molecule has 5 nitrogen and oxygen atoms in total. The maximum Gasteiger partial charge on any atom is 0.264 e. The highest BCUT2D eigenvalue weighted by molar-refractivity contribution is 7.12. The van der Waals surface area contributed by atoms with E-state index in [1.165, 1.54) is 41.1 Å². The van der Waals surface area contributed by atoms with E-state index < -0.39 is 0 Å². The van der Waals surface area contributed by atoms with Crippen LogP contribution in [0.1, 0.15) is 34.5 Å². The molecule has 3 rings (SSSR count). The molecule has 0 atom stereocenters. The fourth-order valence-electron chi connectivity index (χ4n) is 3.20. The molecule has 1 aliphatic rings. The van der Waals surface area contributed by atoms with Crippen LogP contribution in [0.15, 0.2) is 41.8 Å². The van der Waals surface area contributed by atoms with Gasteiger partial charge in [-0.25, -0.2) is 0 Å². The highest BCUT2D eigenvalue weighted by Crippen LogP contribution is 2.16. The van der Waals surface area contributed by atoms with Crippen molar-refractivity contribution in [2.75, 3.05) is 32.0 Å². The normalized spacial score (nSPS) is 14.8. The van der Waals surface area contributed by atoms with Gasteiger partial charge in [-0.05, 0) is 55.1 Å². The second kappa shape index (κ2) is 8.96. The Balaban J connectivity index is 1.53. The monoisotopic (exact) mass is 371 g/mol. The van der Waals surface area contributed by atoms with Crippen molar-refractivity contribution in [2.24, 2.45) is 0 Å². The molecule has 0 radical (unpaired) electrons. The SMILES string of the molecule is CN(CC(=O)Nc1cccc(CN2CCCCC2)c1)C(=O)c1cccs1. The van der Waals surface area contributed by atoms with Gasteiger partial charge in [0.15, 0.2) is 0 Å². The van der Waals surface area contributed by atoms with Crippen LogP contribution in [0.25, 0.3) is 0 Å². The number of hydrogen-bond donors (Lipinski definition) is 1. The Morgan fingerprint density at radius 2 is 1.96 bits per heavy atom. The van der Waals surface area contributed by atoms with Crippen LogP contribution < -0.4 is 5.32 Å². The molecule has 1 N–H and O–H groups in total. The zero-order valence-electron chi connectivity index (χ0n) is 15.1. The van der Waals surface area contributed by atoms with E-state index in [0.717, 1.165) is 25.3 Å². The number of benzene rings is 1. The topological polar surface area (TPSA) is 52.7 Å². The van der Waals surface area contributed by atoms with Gasteiger partial charge in [-0.15, -0.1) is 11.3 Å². The van der Waals surface area contributed by atoms with E-state index in [-0.39, 0.29) is 18.4 Å². The van der Waals surface area contributed by atoms with Gasteiger partial charge in [-0.1, -0.05) is 24.6 Å². The summed E-state index contributed by atoms with van der Waals surface area (Å²) in [4.78, 5) is 29.0. The summed E-state index contributed by atoms with van der Waals surface area (Å²) in [6.07, 6.45) is 3.85. The van der Waals surface area contributed by atoms with E-state index in [2.05, 4.69) is 16.3 Å². The van der Waals surface area contributed by atoms with Gasteiger partial charge in [-0.2, -0.15) is 0 Å². The van der Waals surface area contributed by atoms with Gasteiger partial charge >= 0.3 is 0 Å². The molecule has 2 amide bonds. The zero-order chi connectivity index (χ0) is 18.4. The van der Waals surface area contributed by atoms with E-state index in [4.69, 9.17) is 0 Å². The molecule has 0 spiro atoms. The zero-order valence-corrected chi connectivity index (χ0v) is 15.9. The van der Waals surface area contributed by atoms with Gasteiger partial charge in [0.05, 0.1) is 11.4 Å². The van der Waals surface area contributed by atoms with Crippen molar-refractivity contribution < 1.29 is 9.59 Å². The summed E-state index contributed by atoms with van der Waals surface area (Å²) >= 11 is 1.38. The summed E-state index contributed by atoms with van der Waals surface area (Å²) < 4.78 is 0. The molecule has 0 saturated carbocycles.